The molecule has 1 saturated heterocycles. The molecule has 17 heavy (non-hydrogen) atoms. The largest absolute Gasteiger partial charge is 0.312 e. The summed E-state index contributed by atoms with van der Waals surface area (Å²) in [6.07, 6.45) is 0. The van der Waals surface area contributed by atoms with Crippen LogP contribution >= 0.6 is 11.6 Å². The average Bonchev–Trinajstić information content (AvgIpc) is 2.32. The minimum absolute atomic E-state index is 0.529. The first kappa shape index (κ1) is 12.4. The molecule has 1 fully saturated rings. The van der Waals surface area contributed by atoms with Crippen LogP contribution in [-0.2, 0) is 6.54 Å². The maximum absolute atomic E-state index is 8.78. The number of hydrogen-bond acceptors (Lipinski definition) is 3. The van der Waals surface area contributed by atoms with Gasteiger partial charge in [0.05, 0.1) is 11.6 Å². The second kappa shape index (κ2) is 5.50. The first-order valence-corrected chi connectivity index (χ1v) is 6.21. The SMILES string of the molecule is C[C@H]1CN(Cc2ccc(C#N)cc2Cl)CCN1. The summed E-state index contributed by atoms with van der Waals surface area (Å²) in [5.74, 6) is 0. The van der Waals surface area contributed by atoms with Gasteiger partial charge in [-0.3, -0.25) is 4.90 Å². The van der Waals surface area contributed by atoms with Crippen molar-refractivity contribution in [2.24, 2.45) is 0 Å². The summed E-state index contributed by atoms with van der Waals surface area (Å²) in [4.78, 5) is 2.38. The minimum atomic E-state index is 0.529. The van der Waals surface area contributed by atoms with Crippen LogP contribution in [0.3, 0.4) is 0 Å². The fourth-order valence-corrected chi connectivity index (χ4v) is 2.38. The van der Waals surface area contributed by atoms with Gasteiger partial charge in [-0.1, -0.05) is 17.7 Å². The van der Waals surface area contributed by atoms with E-state index >= 15 is 0 Å². The summed E-state index contributed by atoms with van der Waals surface area (Å²) in [6, 6.07) is 8.14. The van der Waals surface area contributed by atoms with Gasteiger partial charge in [0.25, 0.3) is 0 Å². The summed E-state index contributed by atoms with van der Waals surface area (Å²) in [6.45, 7) is 6.15. The van der Waals surface area contributed by atoms with Crippen molar-refractivity contribution < 1.29 is 0 Å². The molecule has 1 heterocycles. The topological polar surface area (TPSA) is 39.1 Å². The Morgan fingerprint density at radius 3 is 3.06 bits per heavy atom. The van der Waals surface area contributed by atoms with Gasteiger partial charge in [-0.15, -0.1) is 0 Å². The zero-order valence-corrected chi connectivity index (χ0v) is 10.7. The highest BCUT2D eigenvalue weighted by molar-refractivity contribution is 6.31. The summed E-state index contributed by atoms with van der Waals surface area (Å²) in [5.41, 5.74) is 1.71. The van der Waals surface area contributed by atoms with Gasteiger partial charge in [0, 0.05) is 37.2 Å². The number of halogens is 1. The number of rotatable bonds is 2. The molecule has 2 rings (SSSR count). The molecule has 1 aliphatic rings. The lowest BCUT2D eigenvalue weighted by atomic mass is 10.1. The normalized spacial score (nSPS) is 21.1. The number of nitrogens with zero attached hydrogens (tertiary/aromatic N) is 2. The number of benzene rings is 1. The molecule has 90 valence electrons. The molecule has 0 amide bonds. The maximum Gasteiger partial charge on any atom is 0.0992 e. The molecule has 0 spiro atoms. The Labute approximate surface area is 107 Å². The minimum Gasteiger partial charge on any atom is -0.312 e. The van der Waals surface area contributed by atoms with Gasteiger partial charge < -0.3 is 5.32 Å². The number of hydrogen-bond donors (Lipinski definition) is 1. The van der Waals surface area contributed by atoms with Crippen LogP contribution in [-0.4, -0.2) is 30.6 Å². The van der Waals surface area contributed by atoms with Crippen LogP contribution in [0.25, 0.3) is 0 Å². The molecule has 1 aliphatic heterocycles. The summed E-state index contributed by atoms with van der Waals surface area (Å²) >= 11 is 6.17. The highest BCUT2D eigenvalue weighted by Crippen LogP contribution is 2.19. The monoisotopic (exact) mass is 249 g/mol. The van der Waals surface area contributed by atoms with Gasteiger partial charge >= 0.3 is 0 Å². The van der Waals surface area contributed by atoms with E-state index in [-0.39, 0.29) is 0 Å². The van der Waals surface area contributed by atoms with Crippen LogP contribution in [0.2, 0.25) is 5.02 Å². The van der Waals surface area contributed by atoms with Gasteiger partial charge in [0.2, 0.25) is 0 Å². The number of nitriles is 1. The zero-order chi connectivity index (χ0) is 12.3. The molecule has 1 atom stereocenters. The van der Waals surface area contributed by atoms with E-state index in [0.717, 1.165) is 31.7 Å². The van der Waals surface area contributed by atoms with Crippen LogP contribution in [0.5, 0.6) is 0 Å². The Morgan fingerprint density at radius 2 is 2.41 bits per heavy atom. The second-order valence-electron chi connectivity index (χ2n) is 4.51. The Bertz CT molecular complexity index is 439. The fraction of sp³-hybridized carbons (Fsp3) is 0.462. The molecule has 0 saturated carbocycles. The van der Waals surface area contributed by atoms with Gasteiger partial charge in [0.1, 0.15) is 0 Å². The molecule has 0 aromatic heterocycles. The average molecular weight is 250 g/mol. The molecule has 1 N–H and O–H groups in total. The summed E-state index contributed by atoms with van der Waals surface area (Å²) in [7, 11) is 0. The van der Waals surface area contributed by atoms with Crippen molar-refractivity contribution >= 4 is 11.6 Å². The van der Waals surface area contributed by atoms with E-state index in [1.807, 2.05) is 12.1 Å². The van der Waals surface area contributed by atoms with Crippen LogP contribution in [0.1, 0.15) is 18.1 Å². The third-order valence-electron chi connectivity index (χ3n) is 3.03. The van der Waals surface area contributed by atoms with E-state index in [1.165, 1.54) is 0 Å². The number of piperazine rings is 1. The highest BCUT2D eigenvalue weighted by Gasteiger charge is 2.16. The Kier molecular flexibility index (Phi) is 4.01. The Hall–Kier alpha value is -1.08. The molecule has 1 aromatic rings. The van der Waals surface area contributed by atoms with Crippen molar-refractivity contribution in [3.8, 4) is 6.07 Å². The van der Waals surface area contributed by atoms with Crippen molar-refractivity contribution in [3.05, 3.63) is 34.3 Å². The van der Waals surface area contributed by atoms with Crippen LogP contribution in [0.4, 0.5) is 0 Å². The predicted molar refractivity (Wildman–Crippen MR) is 68.9 cm³/mol. The van der Waals surface area contributed by atoms with E-state index in [2.05, 4.69) is 23.2 Å². The maximum atomic E-state index is 8.78. The van der Waals surface area contributed by atoms with Crippen LogP contribution < -0.4 is 5.32 Å². The molecular formula is C13H16ClN3. The highest BCUT2D eigenvalue weighted by atomic mass is 35.5. The van der Waals surface area contributed by atoms with Gasteiger partial charge in [0.15, 0.2) is 0 Å². The lowest BCUT2D eigenvalue weighted by molar-refractivity contribution is 0.199. The van der Waals surface area contributed by atoms with Crippen molar-refractivity contribution in [3.63, 3.8) is 0 Å². The van der Waals surface area contributed by atoms with Gasteiger partial charge in [-0.05, 0) is 24.6 Å². The second-order valence-corrected chi connectivity index (χ2v) is 4.92. The molecule has 4 heteroatoms. The standard InChI is InChI=1S/C13H16ClN3/c1-10-8-17(5-4-16-10)9-12-3-2-11(7-15)6-13(12)14/h2-3,6,10,16H,4-5,8-9H2,1H3/t10-/m0/s1. The van der Waals surface area contributed by atoms with E-state index in [1.54, 1.807) is 6.07 Å². The third-order valence-corrected chi connectivity index (χ3v) is 3.38. The molecule has 0 unspecified atom stereocenters. The van der Waals surface area contributed by atoms with Crippen molar-refractivity contribution in [1.29, 1.82) is 5.26 Å². The first-order chi connectivity index (χ1) is 8.19. The van der Waals surface area contributed by atoms with Crippen LogP contribution in [0, 0.1) is 11.3 Å². The number of nitrogens with one attached hydrogen (secondary N) is 1. The van der Waals surface area contributed by atoms with Crippen LogP contribution in [0.15, 0.2) is 18.2 Å². The lowest BCUT2D eigenvalue weighted by Gasteiger charge is -2.32. The lowest BCUT2D eigenvalue weighted by Crippen LogP contribution is -2.48. The predicted octanol–water partition coefficient (Wildman–Crippen LogP) is 2.01. The summed E-state index contributed by atoms with van der Waals surface area (Å²) < 4.78 is 0. The van der Waals surface area contributed by atoms with E-state index in [9.17, 15) is 0 Å². The van der Waals surface area contributed by atoms with E-state index < -0.39 is 0 Å². The smallest absolute Gasteiger partial charge is 0.0992 e. The molecule has 3 nitrogen and oxygen atoms in total. The quantitative estimate of drug-likeness (QED) is 0.872. The molecular weight excluding hydrogens is 234 g/mol. The molecule has 0 aliphatic carbocycles. The van der Waals surface area contributed by atoms with Crippen molar-refractivity contribution in [1.82, 2.24) is 10.2 Å². The van der Waals surface area contributed by atoms with Gasteiger partial charge in [-0.2, -0.15) is 5.26 Å². The fourth-order valence-electron chi connectivity index (χ4n) is 2.14. The van der Waals surface area contributed by atoms with Crippen molar-refractivity contribution in [2.45, 2.75) is 19.5 Å². The molecule has 1 aromatic carbocycles. The van der Waals surface area contributed by atoms with E-state index in [4.69, 9.17) is 16.9 Å². The summed E-state index contributed by atoms with van der Waals surface area (Å²) in [5, 5.41) is 12.9. The first-order valence-electron chi connectivity index (χ1n) is 5.83. The molecule has 0 radical (unpaired) electrons. The third kappa shape index (κ3) is 3.19. The van der Waals surface area contributed by atoms with Gasteiger partial charge in [-0.25, -0.2) is 0 Å². The Balaban J connectivity index is 2.06. The molecule has 0 bridgehead atoms. The van der Waals surface area contributed by atoms with E-state index in [0.29, 0.717) is 16.6 Å². The Morgan fingerprint density at radius 1 is 1.59 bits per heavy atom. The van der Waals surface area contributed by atoms with Crippen molar-refractivity contribution in [2.75, 3.05) is 19.6 Å². The zero-order valence-electron chi connectivity index (χ0n) is 9.91.